The van der Waals surface area contributed by atoms with Crippen LogP contribution in [0.2, 0.25) is 0 Å². The second-order valence-corrected chi connectivity index (χ2v) is 5.07. The van der Waals surface area contributed by atoms with Crippen LogP contribution >= 0.6 is 22.6 Å². The van der Waals surface area contributed by atoms with Gasteiger partial charge in [0.2, 0.25) is 5.82 Å². The first-order chi connectivity index (χ1) is 9.88. The van der Waals surface area contributed by atoms with Crippen molar-refractivity contribution >= 4 is 45.8 Å². The molecule has 0 fully saturated rings. The number of halogens is 2. The summed E-state index contributed by atoms with van der Waals surface area (Å²) in [4.78, 5) is 24.8. The predicted molar refractivity (Wildman–Crippen MR) is 80.3 cm³/mol. The standard InChI is InChI=1S/C12H7FIN3O4/c13-7-1-2-9(8(14)4-7)16-11-10(17(20)21)3-6(5-15-11)12(18)19/h1-5H,(H,15,16)(H,18,19). The minimum atomic E-state index is -1.31. The fourth-order valence-electron chi connectivity index (χ4n) is 1.52. The lowest BCUT2D eigenvalue weighted by Crippen LogP contribution is -2.04. The van der Waals surface area contributed by atoms with Crippen LogP contribution in [0.15, 0.2) is 30.5 Å². The zero-order valence-electron chi connectivity index (χ0n) is 10.2. The van der Waals surface area contributed by atoms with Crippen LogP contribution in [-0.4, -0.2) is 21.0 Å². The van der Waals surface area contributed by atoms with Crippen molar-refractivity contribution in [1.29, 1.82) is 0 Å². The van der Waals surface area contributed by atoms with Crippen molar-refractivity contribution in [1.82, 2.24) is 4.98 Å². The molecular weight excluding hydrogens is 396 g/mol. The molecule has 1 aromatic carbocycles. The molecule has 0 aliphatic carbocycles. The van der Waals surface area contributed by atoms with Gasteiger partial charge in [-0.05, 0) is 40.8 Å². The highest BCUT2D eigenvalue weighted by atomic mass is 127. The molecule has 2 N–H and O–H groups in total. The number of carbonyl (C=O) groups is 1. The van der Waals surface area contributed by atoms with Crippen LogP contribution in [0, 0.1) is 19.5 Å². The third-order valence-corrected chi connectivity index (χ3v) is 3.39. The van der Waals surface area contributed by atoms with Gasteiger partial charge in [0.25, 0.3) is 0 Å². The molecule has 0 atom stereocenters. The molecule has 0 bridgehead atoms. The summed E-state index contributed by atoms with van der Waals surface area (Å²) < 4.78 is 13.5. The highest BCUT2D eigenvalue weighted by Gasteiger charge is 2.19. The number of nitrogens with zero attached hydrogens (tertiary/aromatic N) is 2. The third-order valence-electron chi connectivity index (χ3n) is 2.50. The van der Waals surface area contributed by atoms with E-state index in [4.69, 9.17) is 5.11 Å². The highest BCUT2D eigenvalue weighted by Crippen LogP contribution is 2.28. The van der Waals surface area contributed by atoms with Crippen molar-refractivity contribution < 1.29 is 19.2 Å². The number of pyridine rings is 1. The van der Waals surface area contributed by atoms with Crippen molar-refractivity contribution in [3.8, 4) is 0 Å². The Morgan fingerprint density at radius 1 is 1.43 bits per heavy atom. The monoisotopic (exact) mass is 403 g/mol. The van der Waals surface area contributed by atoms with Crippen molar-refractivity contribution in [3.05, 3.63) is 55.5 Å². The van der Waals surface area contributed by atoms with Crippen LogP contribution in [-0.2, 0) is 0 Å². The largest absolute Gasteiger partial charge is 0.478 e. The second kappa shape index (κ2) is 5.99. The molecule has 0 amide bonds. The quantitative estimate of drug-likeness (QED) is 0.462. The Morgan fingerprint density at radius 2 is 2.14 bits per heavy atom. The molecule has 0 aliphatic heterocycles. The summed E-state index contributed by atoms with van der Waals surface area (Å²) in [6, 6.07) is 4.77. The van der Waals surface area contributed by atoms with Crippen LogP contribution in [0.3, 0.4) is 0 Å². The Kier molecular flexibility index (Phi) is 4.31. The molecule has 0 saturated heterocycles. The van der Waals surface area contributed by atoms with E-state index in [2.05, 4.69) is 10.3 Å². The normalized spacial score (nSPS) is 10.2. The molecule has 1 aromatic heterocycles. The molecule has 2 aromatic rings. The molecule has 0 spiro atoms. The van der Waals surface area contributed by atoms with Crippen LogP contribution in [0.5, 0.6) is 0 Å². The Hall–Kier alpha value is -2.30. The molecule has 108 valence electrons. The number of nitrogens with one attached hydrogen (secondary N) is 1. The Bertz CT molecular complexity index is 738. The van der Waals surface area contributed by atoms with E-state index in [1.807, 2.05) is 22.6 Å². The summed E-state index contributed by atoms with van der Waals surface area (Å²) in [7, 11) is 0. The number of hydrogen-bond donors (Lipinski definition) is 2. The summed E-state index contributed by atoms with van der Waals surface area (Å²) in [5.41, 5.74) is -0.341. The minimum absolute atomic E-state index is 0.116. The van der Waals surface area contributed by atoms with Crippen LogP contribution in [0.1, 0.15) is 10.4 Å². The summed E-state index contributed by atoms with van der Waals surface area (Å²) >= 11 is 1.86. The lowest BCUT2D eigenvalue weighted by atomic mass is 10.2. The van der Waals surface area contributed by atoms with E-state index in [0.717, 1.165) is 12.3 Å². The SMILES string of the molecule is O=C(O)c1cnc(Nc2ccc(F)cc2I)c([N+](=O)[O-])c1. The lowest BCUT2D eigenvalue weighted by Gasteiger charge is -2.08. The average Bonchev–Trinajstić information content (AvgIpc) is 2.41. The van der Waals surface area contributed by atoms with Crippen molar-refractivity contribution in [2.45, 2.75) is 0 Å². The van der Waals surface area contributed by atoms with Gasteiger partial charge in [0.1, 0.15) is 5.82 Å². The zero-order chi connectivity index (χ0) is 15.6. The average molecular weight is 403 g/mol. The van der Waals surface area contributed by atoms with Gasteiger partial charge in [-0.3, -0.25) is 10.1 Å². The first-order valence-electron chi connectivity index (χ1n) is 5.48. The Balaban J connectivity index is 2.44. The highest BCUT2D eigenvalue weighted by molar-refractivity contribution is 14.1. The summed E-state index contributed by atoms with van der Waals surface area (Å²) in [6.45, 7) is 0. The van der Waals surface area contributed by atoms with E-state index in [-0.39, 0.29) is 11.4 Å². The first kappa shape index (κ1) is 15.1. The molecule has 2 rings (SSSR count). The minimum Gasteiger partial charge on any atom is -0.478 e. The number of carboxylic acids is 1. The molecule has 0 aliphatic rings. The fraction of sp³-hybridized carbons (Fsp3) is 0. The smallest absolute Gasteiger partial charge is 0.337 e. The van der Waals surface area contributed by atoms with Gasteiger partial charge in [0.05, 0.1) is 16.2 Å². The number of rotatable bonds is 4. The zero-order valence-corrected chi connectivity index (χ0v) is 12.4. The molecule has 9 heteroatoms. The summed E-state index contributed by atoms with van der Waals surface area (Å²) in [5.74, 6) is -1.86. The van der Waals surface area contributed by atoms with Crippen LogP contribution in [0.25, 0.3) is 0 Å². The van der Waals surface area contributed by atoms with Crippen LogP contribution in [0.4, 0.5) is 21.6 Å². The van der Waals surface area contributed by atoms with Crippen LogP contribution < -0.4 is 5.32 Å². The molecular formula is C12H7FIN3O4. The van der Waals surface area contributed by atoms with Gasteiger partial charge in [-0.15, -0.1) is 0 Å². The molecule has 1 heterocycles. The van der Waals surface area contributed by atoms with Gasteiger partial charge in [-0.2, -0.15) is 0 Å². The van der Waals surface area contributed by atoms with Gasteiger partial charge in [-0.1, -0.05) is 0 Å². The van der Waals surface area contributed by atoms with Gasteiger partial charge >= 0.3 is 11.7 Å². The number of nitro groups is 1. The number of aromatic nitrogens is 1. The summed E-state index contributed by atoms with van der Waals surface area (Å²) in [5, 5.41) is 22.5. The van der Waals surface area contributed by atoms with E-state index in [9.17, 15) is 19.3 Å². The van der Waals surface area contributed by atoms with Gasteiger partial charge in [-0.25, -0.2) is 14.2 Å². The first-order valence-corrected chi connectivity index (χ1v) is 6.56. The van der Waals surface area contributed by atoms with E-state index in [0.29, 0.717) is 9.26 Å². The van der Waals surface area contributed by atoms with Gasteiger partial charge in [0.15, 0.2) is 0 Å². The Labute approximate surface area is 131 Å². The van der Waals surface area contributed by atoms with Crippen molar-refractivity contribution in [2.75, 3.05) is 5.32 Å². The maximum Gasteiger partial charge on any atom is 0.337 e. The van der Waals surface area contributed by atoms with Crippen molar-refractivity contribution in [2.24, 2.45) is 0 Å². The maximum absolute atomic E-state index is 13.0. The molecule has 0 saturated carbocycles. The third kappa shape index (κ3) is 3.42. The molecule has 7 nitrogen and oxygen atoms in total. The number of aromatic carboxylic acids is 1. The number of carboxylic acid groups (broad SMARTS) is 1. The maximum atomic E-state index is 13.0. The van der Waals surface area contributed by atoms with E-state index < -0.39 is 22.4 Å². The second-order valence-electron chi connectivity index (χ2n) is 3.90. The molecule has 21 heavy (non-hydrogen) atoms. The molecule has 0 radical (unpaired) electrons. The molecule has 0 unspecified atom stereocenters. The van der Waals surface area contributed by atoms with E-state index >= 15 is 0 Å². The van der Waals surface area contributed by atoms with E-state index in [1.165, 1.54) is 18.2 Å². The number of benzene rings is 1. The van der Waals surface area contributed by atoms with Crippen molar-refractivity contribution in [3.63, 3.8) is 0 Å². The topological polar surface area (TPSA) is 105 Å². The number of hydrogen-bond acceptors (Lipinski definition) is 5. The van der Waals surface area contributed by atoms with Gasteiger partial charge in [0, 0.05) is 15.8 Å². The number of anilines is 2. The van der Waals surface area contributed by atoms with E-state index in [1.54, 1.807) is 0 Å². The lowest BCUT2D eigenvalue weighted by molar-refractivity contribution is -0.384. The summed E-state index contributed by atoms with van der Waals surface area (Å²) in [6.07, 6.45) is 1.01. The van der Waals surface area contributed by atoms with Gasteiger partial charge < -0.3 is 10.4 Å². The predicted octanol–water partition coefficient (Wildman–Crippen LogP) is 3.18. The Morgan fingerprint density at radius 3 is 2.71 bits per heavy atom. The fourth-order valence-corrected chi connectivity index (χ4v) is 2.14.